The van der Waals surface area contributed by atoms with Crippen molar-refractivity contribution in [3.05, 3.63) is 158 Å². The van der Waals surface area contributed by atoms with Crippen LogP contribution in [-0.4, -0.2) is 0 Å². The average molecular weight is 483 g/mol. The molecule has 0 heterocycles. The van der Waals surface area contributed by atoms with Gasteiger partial charge in [-0.1, -0.05) is 158 Å². The highest BCUT2D eigenvalue weighted by Crippen LogP contribution is 2.48. The first-order valence-electron chi connectivity index (χ1n) is 13.1. The monoisotopic (exact) mass is 482 g/mol. The van der Waals surface area contributed by atoms with E-state index in [1.54, 1.807) is 0 Å². The maximum absolute atomic E-state index is 2.30. The number of benzene rings is 7. The molecule has 0 aliphatic rings. The van der Waals surface area contributed by atoms with E-state index in [-0.39, 0.29) is 0 Å². The zero-order valence-corrected chi connectivity index (χ0v) is 21.0. The normalized spacial score (nSPS) is 11.2. The first-order valence-corrected chi connectivity index (χ1v) is 13.1. The predicted molar refractivity (Wildman–Crippen MR) is 163 cm³/mol. The van der Waals surface area contributed by atoms with E-state index in [0.29, 0.717) is 0 Å². The zero-order chi connectivity index (χ0) is 25.3. The van der Waals surface area contributed by atoms with E-state index in [9.17, 15) is 0 Å². The van der Waals surface area contributed by atoms with Gasteiger partial charge in [-0.25, -0.2) is 0 Å². The third kappa shape index (κ3) is 3.70. The Hall–Kier alpha value is -4.94. The first-order chi connectivity index (χ1) is 18.9. The average Bonchev–Trinajstić information content (AvgIpc) is 3.01. The molecule has 0 aromatic heterocycles. The summed E-state index contributed by atoms with van der Waals surface area (Å²) in [5.74, 6) is 0. The van der Waals surface area contributed by atoms with E-state index in [4.69, 9.17) is 0 Å². The Bertz CT molecular complexity index is 1880. The molecule has 0 atom stereocenters. The van der Waals surface area contributed by atoms with E-state index in [1.165, 1.54) is 66.1 Å². The fraction of sp³-hybridized carbons (Fsp3) is 0. The molecule has 7 aromatic rings. The summed E-state index contributed by atoms with van der Waals surface area (Å²) in [6, 6.07) is 56.9. The van der Waals surface area contributed by atoms with Crippen molar-refractivity contribution >= 4 is 21.5 Å². The Morgan fingerprint density at radius 2 is 0.658 bits per heavy atom. The van der Waals surface area contributed by atoms with Crippen molar-refractivity contribution in [2.45, 2.75) is 0 Å². The highest BCUT2D eigenvalue weighted by molar-refractivity contribution is 6.25. The van der Waals surface area contributed by atoms with Crippen LogP contribution in [0.5, 0.6) is 0 Å². The molecule has 0 amide bonds. The summed E-state index contributed by atoms with van der Waals surface area (Å²) in [4.78, 5) is 0. The van der Waals surface area contributed by atoms with Crippen LogP contribution in [0.4, 0.5) is 0 Å². The van der Waals surface area contributed by atoms with E-state index in [2.05, 4.69) is 158 Å². The van der Waals surface area contributed by atoms with E-state index in [0.717, 1.165) is 0 Å². The van der Waals surface area contributed by atoms with Gasteiger partial charge in [0.15, 0.2) is 0 Å². The first kappa shape index (κ1) is 22.3. The number of rotatable bonds is 4. The Morgan fingerprint density at radius 3 is 1.29 bits per heavy atom. The molecule has 0 fully saturated rings. The van der Waals surface area contributed by atoms with Gasteiger partial charge >= 0.3 is 0 Å². The summed E-state index contributed by atoms with van der Waals surface area (Å²) in [7, 11) is 0. The van der Waals surface area contributed by atoms with Gasteiger partial charge in [0, 0.05) is 0 Å². The maximum atomic E-state index is 2.30. The van der Waals surface area contributed by atoms with Crippen molar-refractivity contribution in [1.29, 1.82) is 0 Å². The minimum absolute atomic E-state index is 1.23. The van der Waals surface area contributed by atoms with Gasteiger partial charge in [0.25, 0.3) is 0 Å². The third-order valence-electron chi connectivity index (χ3n) is 7.48. The Morgan fingerprint density at radius 1 is 0.237 bits per heavy atom. The molecule has 38 heavy (non-hydrogen) atoms. The van der Waals surface area contributed by atoms with Crippen molar-refractivity contribution in [2.24, 2.45) is 0 Å². The lowest BCUT2D eigenvalue weighted by atomic mass is 9.82. The lowest BCUT2D eigenvalue weighted by Gasteiger charge is -2.21. The molecule has 7 rings (SSSR count). The molecule has 0 spiro atoms. The van der Waals surface area contributed by atoms with Gasteiger partial charge in [-0.3, -0.25) is 0 Å². The molecule has 0 nitrogen and oxygen atoms in total. The molecule has 0 aliphatic heterocycles. The van der Waals surface area contributed by atoms with Gasteiger partial charge in [-0.05, 0) is 66.1 Å². The Labute approximate surface area is 223 Å². The second kappa shape index (κ2) is 9.50. The molecule has 0 saturated heterocycles. The third-order valence-corrected chi connectivity index (χ3v) is 7.48. The Kier molecular flexibility index (Phi) is 5.57. The Balaban J connectivity index is 1.69. The van der Waals surface area contributed by atoms with Crippen LogP contribution in [0.15, 0.2) is 158 Å². The number of fused-ring (bicyclic) bond motifs is 2. The molecule has 0 radical (unpaired) electrons. The fourth-order valence-electron chi connectivity index (χ4n) is 5.86. The minimum atomic E-state index is 1.23. The van der Waals surface area contributed by atoms with Crippen molar-refractivity contribution < 1.29 is 0 Å². The molecule has 0 aliphatic carbocycles. The number of hydrogen-bond acceptors (Lipinski definition) is 0. The number of hydrogen-bond donors (Lipinski definition) is 0. The molecule has 0 unspecified atom stereocenters. The van der Waals surface area contributed by atoms with E-state index < -0.39 is 0 Å². The summed E-state index contributed by atoms with van der Waals surface area (Å²) in [5, 5.41) is 5.11. The van der Waals surface area contributed by atoms with Crippen molar-refractivity contribution in [2.75, 3.05) is 0 Å². The topological polar surface area (TPSA) is 0 Å². The zero-order valence-electron chi connectivity index (χ0n) is 21.0. The smallest absolute Gasteiger partial charge is 0.00139 e. The highest BCUT2D eigenvalue weighted by Gasteiger charge is 2.20. The van der Waals surface area contributed by atoms with Crippen LogP contribution in [0.1, 0.15) is 0 Å². The van der Waals surface area contributed by atoms with Crippen LogP contribution < -0.4 is 0 Å². The maximum Gasteiger partial charge on any atom is -0.00139 e. The molecule has 7 aromatic carbocycles. The van der Waals surface area contributed by atoms with Gasteiger partial charge < -0.3 is 0 Å². The summed E-state index contributed by atoms with van der Waals surface area (Å²) in [6.45, 7) is 0. The highest BCUT2D eigenvalue weighted by atomic mass is 14.2. The van der Waals surface area contributed by atoms with Crippen LogP contribution in [-0.2, 0) is 0 Å². The van der Waals surface area contributed by atoms with Crippen molar-refractivity contribution in [3.63, 3.8) is 0 Å². The van der Waals surface area contributed by atoms with Gasteiger partial charge in [-0.15, -0.1) is 0 Å². The minimum Gasteiger partial charge on any atom is -0.0622 e. The fourth-order valence-corrected chi connectivity index (χ4v) is 5.86. The lowest BCUT2D eigenvalue weighted by Crippen LogP contribution is -1.94. The van der Waals surface area contributed by atoms with E-state index in [1.807, 2.05) is 0 Å². The largest absolute Gasteiger partial charge is 0.0622 e. The van der Waals surface area contributed by atoms with Crippen LogP contribution in [0.25, 0.3) is 66.1 Å². The van der Waals surface area contributed by atoms with Crippen molar-refractivity contribution in [1.82, 2.24) is 0 Å². The molecule has 178 valence electrons. The molecule has 0 N–H and O–H groups in total. The molecular weight excluding hydrogens is 456 g/mol. The quantitative estimate of drug-likeness (QED) is 0.219. The standard InChI is InChI=1S/C38H26/c1-4-15-27(16-5-1)30-21-10-11-22-31(30)32-25-14-26-35-36(28-17-6-2-7-18-28)33-23-12-13-24-34(33)37(38(32)35)29-19-8-3-9-20-29/h1-26H. The van der Waals surface area contributed by atoms with Gasteiger partial charge in [0.05, 0.1) is 0 Å². The second-order valence-corrected chi connectivity index (χ2v) is 9.67. The second-order valence-electron chi connectivity index (χ2n) is 9.67. The van der Waals surface area contributed by atoms with Gasteiger partial charge in [0.2, 0.25) is 0 Å². The van der Waals surface area contributed by atoms with Gasteiger partial charge in [-0.2, -0.15) is 0 Å². The van der Waals surface area contributed by atoms with E-state index >= 15 is 0 Å². The SMILES string of the molecule is c1ccc(-c2ccccc2-c2cccc3c(-c4ccccc4)c4ccccc4c(-c4ccccc4)c23)cc1. The predicted octanol–water partition coefficient (Wildman–Crippen LogP) is 10.7. The molecule has 0 heteroatoms. The van der Waals surface area contributed by atoms with Crippen LogP contribution >= 0.6 is 0 Å². The van der Waals surface area contributed by atoms with Crippen molar-refractivity contribution in [3.8, 4) is 44.5 Å². The van der Waals surface area contributed by atoms with Crippen LogP contribution in [0.2, 0.25) is 0 Å². The summed E-state index contributed by atoms with van der Waals surface area (Å²) in [6.07, 6.45) is 0. The van der Waals surface area contributed by atoms with Gasteiger partial charge in [0.1, 0.15) is 0 Å². The lowest BCUT2D eigenvalue weighted by molar-refractivity contribution is 1.59. The summed E-state index contributed by atoms with van der Waals surface area (Å²) < 4.78 is 0. The van der Waals surface area contributed by atoms with Crippen LogP contribution in [0.3, 0.4) is 0 Å². The molecule has 0 saturated carbocycles. The summed E-state index contributed by atoms with van der Waals surface area (Å²) in [5.41, 5.74) is 10.0. The summed E-state index contributed by atoms with van der Waals surface area (Å²) >= 11 is 0. The van der Waals surface area contributed by atoms with Crippen LogP contribution in [0, 0.1) is 0 Å². The molecule has 0 bridgehead atoms. The molecular formula is C38H26.